The summed E-state index contributed by atoms with van der Waals surface area (Å²) in [5.41, 5.74) is 7.03. The van der Waals surface area contributed by atoms with Crippen LogP contribution in [0.4, 0.5) is 0 Å². The van der Waals surface area contributed by atoms with Crippen LogP contribution in [-0.2, 0) is 6.42 Å². The normalized spacial score (nSPS) is 11.9. The molecule has 0 aliphatic carbocycles. The third-order valence-electron chi connectivity index (χ3n) is 1.93. The van der Waals surface area contributed by atoms with E-state index in [-0.39, 0.29) is 11.6 Å². The summed E-state index contributed by atoms with van der Waals surface area (Å²) in [5, 5.41) is 0. The van der Waals surface area contributed by atoms with Gasteiger partial charge in [-0.05, 0) is 51.8 Å². The Bertz CT molecular complexity index is 313. The minimum atomic E-state index is -0.170. The number of rotatable bonds is 4. The van der Waals surface area contributed by atoms with Gasteiger partial charge in [0.05, 0.1) is 6.10 Å². The fourth-order valence-electron chi connectivity index (χ4n) is 1.53. The molecule has 1 aromatic rings. The molecule has 0 spiro atoms. The van der Waals surface area contributed by atoms with E-state index in [4.69, 9.17) is 10.5 Å². The highest BCUT2D eigenvalue weighted by Gasteiger charge is 2.11. The van der Waals surface area contributed by atoms with Crippen molar-refractivity contribution in [2.24, 2.45) is 5.73 Å². The van der Waals surface area contributed by atoms with Gasteiger partial charge in [0.15, 0.2) is 0 Å². The van der Waals surface area contributed by atoms with E-state index in [0.29, 0.717) is 0 Å². The maximum absolute atomic E-state index is 5.98. The molecule has 0 atom stereocenters. The second kappa shape index (κ2) is 4.67. The largest absolute Gasteiger partial charge is 0.491 e. The maximum Gasteiger partial charge on any atom is 0.119 e. The first-order valence-electron chi connectivity index (χ1n) is 5.41. The molecule has 0 aromatic heterocycles. The van der Waals surface area contributed by atoms with Gasteiger partial charge in [-0.25, -0.2) is 0 Å². The average Bonchev–Trinajstić information content (AvgIpc) is 1.99. The first-order chi connectivity index (χ1) is 6.87. The van der Waals surface area contributed by atoms with E-state index in [0.717, 1.165) is 12.2 Å². The fourth-order valence-corrected chi connectivity index (χ4v) is 1.53. The van der Waals surface area contributed by atoms with Gasteiger partial charge in [-0.3, -0.25) is 0 Å². The summed E-state index contributed by atoms with van der Waals surface area (Å²) in [6, 6.07) is 8.14. The van der Waals surface area contributed by atoms with E-state index in [1.54, 1.807) is 0 Å². The number of nitrogens with two attached hydrogens (primary N) is 1. The van der Waals surface area contributed by atoms with E-state index in [1.165, 1.54) is 5.56 Å². The number of benzene rings is 1. The minimum Gasteiger partial charge on any atom is -0.491 e. The van der Waals surface area contributed by atoms with Crippen LogP contribution in [0.3, 0.4) is 0 Å². The Balaban J connectivity index is 2.74. The van der Waals surface area contributed by atoms with Crippen molar-refractivity contribution >= 4 is 0 Å². The quantitative estimate of drug-likeness (QED) is 0.824. The summed E-state index contributed by atoms with van der Waals surface area (Å²) in [6.45, 7) is 8.12. The summed E-state index contributed by atoms with van der Waals surface area (Å²) in [4.78, 5) is 0. The highest BCUT2D eigenvalue weighted by molar-refractivity contribution is 5.29. The fraction of sp³-hybridized carbons (Fsp3) is 0.538. The molecule has 1 aromatic carbocycles. The van der Waals surface area contributed by atoms with Crippen LogP contribution in [0.15, 0.2) is 24.3 Å². The van der Waals surface area contributed by atoms with E-state index >= 15 is 0 Å². The van der Waals surface area contributed by atoms with Crippen molar-refractivity contribution in [1.82, 2.24) is 0 Å². The standard InChI is InChI=1S/C13H21NO/c1-10(2)15-12-7-5-6-11(8-12)9-13(3,4)14/h5-8,10H,9,14H2,1-4H3. The Morgan fingerprint density at radius 2 is 2.00 bits per heavy atom. The Morgan fingerprint density at radius 1 is 1.33 bits per heavy atom. The van der Waals surface area contributed by atoms with Gasteiger partial charge in [0.1, 0.15) is 5.75 Å². The van der Waals surface area contributed by atoms with Crippen molar-refractivity contribution in [2.45, 2.75) is 45.8 Å². The van der Waals surface area contributed by atoms with Crippen LogP contribution in [0, 0.1) is 0 Å². The van der Waals surface area contributed by atoms with Crippen molar-refractivity contribution < 1.29 is 4.74 Å². The maximum atomic E-state index is 5.98. The van der Waals surface area contributed by atoms with Gasteiger partial charge < -0.3 is 10.5 Å². The molecule has 15 heavy (non-hydrogen) atoms. The Kier molecular flexibility index (Phi) is 3.75. The van der Waals surface area contributed by atoms with Crippen LogP contribution in [0.25, 0.3) is 0 Å². The molecular weight excluding hydrogens is 186 g/mol. The van der Waals surface area contributed by atoms with Crippen LogP contribution in [0.5, 0.6) is 5.75 Å². The summed E-state index contributed by atoms with van der Waals surface area (Å²) < 4.78 is 5.63. The number of ether oxygens (including phenoxy) is 1. The SMILES string of the molecule is CC(C)Oc1cccc(CC(C)(C)N)c1. The molecule has 0 aliphatic rings. The van der Waals surface area contributed by atoms with Gasteiger partial charge in [-0.15, -0.1) is 0 Å². The number of hydrogen-bond acceptors (Lipinski definition) is 2. The molecule has 0 heterocycles. The highest BCUT2D eigenvalue weighted by Crippen LogP contribution is 2.18. The molecular formula is C13H21NO. The Morgan fingerprint density at radius 3 is 2.53 bits per heavy atom. The third-order valence-corrected chi connectivity index (χ3v) is 1.93. The smallest absolute Gasteiger partial charge is 0.119 e. The molecule has 84 valence electrons. The molecule has 1 rings (SSSR count). The molecule has 0 saturated heterocycles. The van der Waals surface area contributed by atoms with Gasteiger partial charge in [-0.1, -0.05) is 12.1 Å². The molecule has 2 heteroatoms. The van der Waals surface area contributed by atoms with E-state index in [2.05, 4.69) is 12.1 Å². The second-order valence-electron chi connectivity index (χ2n) is 4.98. The van der Waals surface area contributed by atoms with Crippen molar-refractivity contribution in [3.63, 3.8) is 0 Å². The van der Waals surface area contributed by atoms with Crippen LogP contribution < -0.4 is 10.5 Å². The zero-order valence-corrected chi connectivity index (χ0v) is 10.1. The lowest BCUT2D eigenvalue weighted by Crippen LogP contribution is -2.34. The molecule has 0 bridgehead atoms. The molecule has 0 radical (unpaired) electrons. The van der Waals surface area contributed by atoms with Crippen molar-refractivity contribution in [3.8, 4) is 5.75 Å². The lowest BCUT2D eigenvalue weighted by molar-refractivity contribution is 0.242. The van der Waals surface area contributed by atoms with E-state index in [9.17, 15) is 0 Å². The summed E-state index contributed by atoms with van der Waals surface area (Å²) in [6.07, 6.45) is 1.08. The van der Waals surface area contributed by atoms with Gasteiger partial charge in [0.25, 0.3) is 0 Å². The Labute approximate surface area is 92.4 Å². The lowest BCUT2D eigenvalue weighted by Gasteiger charge is -2.19. The van der Waals surface area contributed by atoms with Crippen molar-refractivity contribution in [2.75, 3.05) is 0 Å². The average molecular weight is 207 g/mol. The van der Waals surface area contributed by atoms with Crippen molar-refractivity contribution in [1.29, 1.82) is 0 Å². The van der Waals surface area contributed by atoms with E-state index < -0.39 is 0 Å². The predicted octanol–water partition coefficient (Wildman–Crippen LogP) is 2.75. The molecule has 2 N–H and O–H groups in total. The first kappa shape index (κ1) is 12.1. The molecule has 0 fully saturated rings. The van der Waals surface area contributed by atoms with Gasteiger partial charge in [-0.2, -0.15) is 0 Å². The second-order valence-corrected chi connectivity index (χ2v) is 4.98. The van der Waals surface area contributed by atoms with Crippen LogP contribution in [0.1, 0.15) is 33.3 Å². The topological polar surface area (TPSA) is 35.2 Å². The first-order valence-corrected chi connectivity index (χ1v) is 5.41. The van der Waals surface area contributed by atoms with Crippen LogP contribution >= 0.6 is 0 Å². The van der Waals surface area contributed by atoms with Gasteiger partial charge in [0, 0.05) is 5.54 Å². The van der Waals surface area contributed by atoms with Gasteiger partial charge in [0.2, 0.25) is 0 Å². The third kappa shape index (κ3) is 4.84. The zero-order chi connectivity index (χ0) is 11.5. The molecule has 0 unspecified atom stereocenters. The lowest BCUT2D eigenvalue weighted by atomic mass is 9.96. The van der Waals surface area contributed by atoms with Crippen LogP contribution in [-0.4, -0.2) is 11.6 Å². The molecule has 0 aliphatic heterocycles. The van der Waals surface area contributed by atoms with E-state index in [1.807, 2.05) is 39.8 Å². The highest BCUT2D eigenvalue weighted by atomic mass is 16.5. The number of hydrogen-bond donors (Lipinski definition) is 1. The predicted molar refractivity (Wildman–Crippen MR) is 64.2 cm³/mol. The van der Waals surface area contributed by atoms with Gasteiger partial charge >= 0.3 is 0 Å². The molecule has 0 saturated carbocycles. The Hall–Kier alpha value is -1.02. The minimum absolute atomic E-state index is 0.170. The summed E-state index contributed by atoms with van der Waals surface area (Å²) >= 11 is 0. The summed E-state index contributed by atoms with van der Waals surface area (Å²) in [5.74, 6) is 0.923. The monoisotopic (exact) mass is 207 g/mol. The summed E-state index contributed by atoms with van der Waals surface area (Å²) in [7, 11) is 0. The van der Waals surface area contributed by atoms with Crippen LogP contribution in [0.2, 0.25) is 0 Å². The molecule has 0 amide bonds. The zero-order valence-electron chi connectivity index (χ0n) is 10.1. The molecule has 2 nitrogen and oxygen atoms in total. The van der Waals surface area contributed by atoms with Crippen molar-refractivity contribution in [3.05, 3.63) is 29.8 Å².